The van der Waals surface area contributed by atoms with Gasteiger partial charge in [-0.05, 0) is 30.4 Å². The van der Waals surface area contributed by atoms with Crippen LogP contribution in [0.3, 0.4) is 0 Å². The summed E-state index contributed by atoms with van der Waals surface area (Å²) in [5.74, 6) is 0.452. The summed E-state index contributed by atoms with van der Waals surface area (Å²) in [4.78, 5) is 0. The maximum absolute atomic E-state index is 10.2. The fourth-order valence-electron chi connectivity index (χ4n) is 2.84. The highest BCUT2D eigenvalue weighted by atomic mass is 16.3. The minimum absolute atomic E-state index is 0.434. The van der Waals surface area contributed by atoms with Crippen LogP contribution in [0.4, 0.5) is 0 Å². The molecule has 1 aromatic carbocycles. The summed E-state index contributed by atoms with van der Waals surface area (Å²) in [5.41, 5.74) is 2.14. The van der Waals surface area contributed by atoms with Crippen LogP contribution in [-0.2, 0) is 5.60 Å². The van der Waals surface area contributed by atoms with E-state index in [1.54, 1.807) is 0 Å². The third-order valence-electron chi connectivity index (χ3n) is 3.43. The summed E-state index contributed by atoms with van der Waals surface area (Å²) in [7, 11) is 0. The second-order valence-corrected chi connectivity index (χ2v) is 3.96. The molecule has 0 radical (unpaired) electrons. The first-order valence-electron chi connectivity index (χ1n) is 4.64. The predicted octanol–water partition coefficient (Wildman–Crippen LogP) is 2.16. The lowest BCUT2D eigenvalue weighted by molar-refractivity contribution is -0.000669. The van der Waals surface area contributed by atoms with Crippen LogP contribution in [0.15, 0.2) is 24.3 Å². The molecule has 0 heterocycles. The average molecular weight is 160 g/mol. The lowest BCUT2D eigenvalue weighted by atomic mass is 9.66. The molecule has 0 bridgehead atoms. The SMILES string of the molecule is OC12CCCC1c1ccccc12. The summed E-state index contributed by atoms with van der Waals surface area (Å²) < 4.78 is 0. The molecule has 0 aliphatic heterocycles. The third-order valence-corrected chi connectivity index (χ3v) is 3.43. The average Bonchev–Trinajstić information content (AvgIpc) is 2.43. The standard InChI is InChI=1S/C11H12O/c12-11-7-3-6-10(11)8-4-1-2-5-9(8)11/h1-2,4-5,10,12H,3,6-7H2. The van der Waals surface area contributed by atoms with Crippen molar-refractivity contribution in [3.8, 4) is 0 Å². The molecule has 2 unspecified atom stereocenters. The molecule has 1 aromatic rings. The van der Waals surface area contributed by atoms with E-state index in [0.717, 1.165) is 6.42 Å². The Morgan fingerprint density at radius 1 is 1.33 bits per heavy atom. The zero-order valence-electron chi connectivity index (χ0n) is 6.96. The van der Waals surface area contributed by atoms with Crippen LogP contribution in [0.5, 0.6) is 0 Å². The molecule has 2 aliphatic carbocycles. The van der Waals surface area contributed by atoms with Gasteiger partial charge >= 0.3 is 0 Å². The molecule has 2 aliphatic rings. The van der Waals surface area contributed by atoms with Gasteiger partial charge in [0, 0.05) is 5.92 Å². The summed E-state index contributed by atoms with van der Waals surface area (Å²) >= 11 is 0. The van der Waals surface area contributed by atoms with Crippen molar-refractivity contribution in [3.63, 3.8) is 0 Å². The van der Waals surface area contributed by atoms with E-state index in [2.05, 4.69) is 18.2 Å². The van der Waals surface area contributed by atoms with E-state index >= 15 is 0 Å². The van der Waals surface area contributed by atoms with Crippen LogP contribution in [0.1, 0.15) is 36.3 Å². The van der Waals surface area contributed by atoms with Crippen LogP contribution < -0.4 is 0 Å². The molecule has 1 saturated carbocycles. The van der Waals surface area contributed by atoms with Gasteiger partial charge in [-0.2, -0.15) is 0 Å². The highest BCUT2D eigenvalue weighted by Gasteiger charge is 2.52. The molecule has 1 N–H and O–H groups in total. The van der Waals surface area contributed by atoms with Crippen LogP contribution in [0.2, 0.25) is 0 Å². The number of aliphatic hydroxyl groups is 1. The van der Waals surface area contributed by atoms with Crippen LogP contribution in [-0.4, -0.2) is 5.11 Å². The first-order valence-corrected chi connectivity index (χ1v) is 4.64. The summed E-state index contributed by atoms with van der Waals surface area (Å²) in [6.45, 7) is 0. The Morgan fingerprint density at radius 3 is 3.08 bits per heavy atom. The first kappa shape index (κ1) is 6.67. The zero-order chi connectivity index (χ0) is 8.18. The maximum atomic E-state index is 10.2. The Labute approximate surface area is 72.0 Å². The minimum Gasteiger partial charge on any atom is -0.385 e. The summed E-state index contributed by atoms with van der Waals surface area (Å²) in [5, 5.41) is 10.2. The number of hydrogen-bond acceptors (Lipinski definition) is 1. The molecule has 3 rings (SSSR count). The molecule has 1 nitrogen and oxygen atoms in total. The van der Waals surface area contributed by atoms with E-state index in [1.807, 2.05) is 6.07 Å². The molecule has 1 heteroatoms. The monoisotopic (exact) mass is 160 g/mol. The fraction of sp³-hybridized carbons (Fsp3) is 0.455. The van der Waals surface area contributed by atoms with E-state index in [1.165, 1.54) is 24.0 Å². The molecule has 0 aromatic heterocycles. The first-order chi connectivity index (χ1) is 5.82. The van der Waals surface area contributed by atoms with Crippen molar-refractivity contribution >= 4 is 0 Å². The number of rotatable bonds is 0. The predicted molar refractivity (Wildman–Crippen MR) is 46.9 cm³/mol. The lowest BCUT2D eigenvalue weighted by Crippen LogP contribution is -2.39. The molecule has 0 spiro atoms. The highest BCUT2D eigenvalue weighted by molar-refractivity contribution is 5.48. The Kier molecular flexibility index (Phi) is 1.06. The van der Waals surface area contributed by atoms with Crippen LogP contribution in [0.25, 0.3) is 0 Å². The molecule has 0 saturated heterocycles. The molecule has 0 amide bonds. The number of benzene rings is 1. The minimum atomic E-state index is -0.434. The van der Waals surface area contributed by atoms with Gasteiger partial charge in [-0.1, -0.05) is 24.3 Å². The summed E-state index contributed by atoms with van der Waals surface area (Å²) in [6, 6.07) is 8.30. The van der Waals surface area contributed by atoms with Crippen molar-refractivity contribution in [3.05, 3.63) is 35.4 Å². The van der Waals surface area contributed by atoms with E-state index in [-0.39, 0.29) is 0 Å². The normalized spacial score (nSPS) is 36.9. The van der Waals surface area contributed by atoms with E-state index in [0.29, 0.717) is 5.92 Å². The Bertz CT molecular complexity index is 332. The quantitative estimate of drug-likeness (QED) is 0.616. The van der Waals surface area contributed by atoms with Crippen molar-refractivity contribution in [2.75, 3.05) is 0 Å². The van der Waals surface area contributed by atoms with E-state index < -0.39 is 5.60 Å². The number of hydrogen-bond donors (Lipinski definition) is 1. The van der Waals surface area contributed by atoms with Gasteiger partial charge in [-0.15, -0.1) is 0 Å². The molecule has 12 heavy (non-hydrogen) atoms. The van der Waals surface area contributed by atoms with Gasteiger partial charge in [-0.25, -0.2) is 0 Å². The van der Waals surface area contributed by atoms with Gasteiger partial charge in [-0.3, -0.25) is 0 Å². The lowest BCUT2D eigenvalue weighted by Gasteiger charge is -2.43. The van der Waals surface area contributed by atoms with Gasteiger partial charge in [0.05, 0.1) is 5.60 Å². The Hall–Kier alpha value is -0.820. The van der Waals surface area contributed by atoms with Crippen molar-refractivity contribution < 1.29 is 5.11 Å². The van der Waals surface area contributed by atoms with Crippen LogP contribution >= 0.6 is 0 Å². The second kappa shape index (κ2) is 1.91. The van der Waals surface area contributed by atoms with Crippen molar-refractivity contribution in [1.29, 1.82) is 0 Å². The Morgan fingerprint density at radius 2 is 2.17 bits per heavy atom. The molecular formula is C11H12O. The second-order valence-electron chi connectivity index (χ2n) is 3.96. The van der Waals surface area contributed by atoms with Gasteiger partial charge in [0.1, 0.15) is 0 Å². The Balaban J connectivity index is 2.19. The topological polar surface area (TPSA) is 20.2 Å². The molecule has 2 atom stereocenters. The van der Waals surface area contributed by atoms with E-state index in [4.69, 9.17) is 0 Å². The smallest absolute Gasteiger partial charge is 0.0967 e. The highest BCUT2D eigenvalue weighted by Crippen LogP contribution is 2.59. The third kappa shape index (κ3) is 0.558. The van der Waals surface area contributed by atoms with Crippen LogP contribution in [0, 0.1) is 0 Å². The van der Waals surface area contributed by atoms with E-state index in [9.17, 15) is 5.11 Å². The molecule has 1 fully saturated rings. The molecule has 62 valence electrons. The largest absolute Gasteiger partial charge is 0.385 e. The maximum Gasteiger partial charge on any atom is 0.0967 e. The number of fused-ring (bicyclic) bond motifs is 4. The summed E-state index contributed by atoms with van der Waals surface area (Å²) in [6.07, 6.45) is 3.32. The van der Waals surface area contributed by atoms with Crippen molar-refractivity contribution in [2.24, 2.45) is 0 Å². The van der Waals surface area contributed by atoms with Crippen molar-refractivity contribution in [2.45, 2.75) is 30.8 Å². The van der Waals surface area contributed by atoms with Gasteiger partial charge in [0.15, 0.2) is 0 Å². The molecular weight excluding hydrogens is 148 g/mol. The van der Waals surface area contributed by atoms with Gasteiger partial charge in [0.2, 0.25) is 0 Å². The fourth-order valence-corrected chi connectivity index (χ4v) is 2.84. The van der Waals surface area contributed by atoms with Crippen molar-refractivity contribution in [1.82, 2.24) is 0 Å². The van der Waals surface area contributed by atoms with Gasteiger partial charge < -0.3 is 5.11 Å². The van der Waals surface area contributed by atoms with Gasteiger partial charge in [0.25, 0.3) is 0 Å². The zero-order valence-corrected chi connectivity index (χ0v) is 6.96.